The molecule has 0 saturated carbocycles. The van der Waals surface area contributed by atoms with Gasteiger partial charge in [-0.3, -0.25) is 15.3 Å². The summed E-state index contributed by atoms with van der Waals surface area (Å²) in [5.41, 5.74) is 11.7. The number of fused-ring (bicyclic) bond motifs is 1. The van der Waals surface area contributed by atoms with Crippen molar-refractivity contribution in [2.75, 3.05) is 0 Å². The maximum absolute atomic E-state index is 12.0. The highest BCUT2D eigenvalue weighted by atomic mass is 16.4. The number of nitrogens with zero attached hydrogens (tertiary/aromatic N) is 3. The van der Waals surface area contributed by atoms with E-state index >= 15 is 0 Å². The lowest BCUT2D eigenvalue weighted by Crippen LogP contribution is -2.29. The number of benzene rings is 2. The highest BCUT2D eigenvalue weighted by molar-refractivity contribution is 5.94. The Balaban J connectivity index is 1.47. The van der Waals surface area contributed by atoms with Crippen LogP contribution >= 0.6 is 0 Å². The minimum Gasteiger partial charge on any atom is -0.465 e. The Morgan fingerprint density at radius 2 is 1.85 bits per heavy atom. The van der Waals surface area contributed by atoms with Crippen LogP contribution in [0.1, 0.15) is 33.8 Å². The molecule has 0 aliphatic heterocycles. The number of amidine groups is 1. The van der Waals surface area contributed by atoms with E-state index in [9.17, 15) is 9.90 Å². The number of hydrogen-bond donors (Lipinski definition) is 4. The monoisotopic (exact) mass is 442 g/mol. The van der Waals surface area contributed by atoms with Crippen molar-refractivity contribution in [3.05, 3.63) is 94.6 Å². The molecule has 33 heavy (non-hydrogen) atoms. The molecule has 8 heteroatoms. The van der Waals surface area contributed by atoms with E-state index in [1.54, 1.807) is 6.20 Å². The van der Waals surface area contributed by atoms with Gasteiger partial charge in [0, 0.05) is 24.0 Å². The van der Waals surface area contributed by atoms with Gasteiger partial charge in [-0.15, -0.1) is 0 Å². The van der Waals surface area contributed by atoms with Gasteiger partial charge in [-0.1, -0.05) is 36.4 Å². The van der Waals surface area contributed by atoms with Crippen molar-refractivity contribution >= 4 is 23.0 Å². The molecular weight excluding hydrogens is 416 g/mol. The minimum absolute atomic E-state index is 0.0455. The summed E-state index contributed by atoms with van der Waals surface area (Å²) in [4.78, 5) is 25.5. The van der Waals surface area contributed by atoms with Crippen LogP contribution in [0.15, 0.2) is 60.8 Å². The number of nitrogens with two attached hydrogens (primary N) is 1. The maximum Gasteiger partial charge on any atom is 0.407 e. The Hall–Kier alpha value is -4.20. The summed E-state index contributed by atoms with van der Waals surface area (Å²) in [6.07, 6.45) is 2.19. The summed E-state index contributed by atoms with van der Waals surface area (Å²) in [6, 6.07) is 17.1. The van der Waals surface area contributed by atoms with Crippen molar-refractivity contribution in [1.82, 2.24) is 19.9 Å². The standard InChI is InChI=1S/C25H26N6O2/c1-16-29-22-11-7-18(13-23(22)30-16)14-31(25(32)33)15-20-3-2-12-28-21(20)10-6-17-4-8-19(9-5-17)24(26)27/h2-5,7-9,11-13H,6,10,14-15H2,1H3,(H3,26,27)(H,29,30)(H,32,33). The number of H-pyrrole nitrogens is 1. The molecule has 0 aliphatic carbocycles. The zero-order chi connectivity index (χ0) is 23.4. The molecule has 168 valence electrons. The number of carbonyl (C=O) groups is 1. The minimum atomic E-state index is -0.981. The molecule has 0 atom stereocenters. The van der Waals surface area contributed by atoms with Crippen molar-refractivity contribution in [2.24, 2.45) is 5.73 Å². The highest BCUT2D eigenvalue weighted by Gasteiger charge is 2.16. The van der Waals surface area contributed by atoms with Crippen LogP contribution in [0.3, 0.4) is 0 Å². The zero-order valence-electron chi connectivity index (χ0n) is 18.4. The molecule has 8 nitrogen and oxygen atoms in total. The van der Waals surface area contributed by atoms with Crippen LogP contribution in [0.4, 0.5) is 4.79 Å². The number of carboxylic acid groups (broad SMARTS) is 1. The van der Waals surface area contributed by atoms with Gasteiger partial charge in [0.1, 0.15) is 11.7 Å². The molecule has 4 rings (SSSR count). The van der Waals surface area contributed by atoms with Crippen LogP contribution in [0, 0.1) is 12.3 Å². The first kappa shape index (κ1) is 22.0. The topological polar surface area (TPSA) is 132 Å². The van der Waals surface area contributed by atoms with Gasteiger partial charge >= 0.3 is 6.09 Å². The quantitative estimate of drug-likeness (QED) is 0.242. The van der Waals surface area contributed by atoms with Gasteiger partial charge in [0.15, 0.2) is 0 Å². The van der Waals surface area contributed by atoms with Gasteiger partial charge in [-0.2, -0.15) is 0 Å². The van der Waals surface area contributed by atoms with Gasteiger partial charge in [0.2, 0.25) is 0 Å². The first-order chi connectivity index (χ1) is 15.9. The molecular formula is C25H26N6O2. The van der Waals surface area contributed by atoms with E-state index in [1.165, 1.54) is 4.90 Å². The SMILES string of the molecule is Cc1nc2ccc(CN(Cc3cccnc3CCc3ccc(C(=N)N)cc3)C(=O)O)cc2[nH]1. The molecule has 0 saturated heterocycles. The van der Waals surface area contributed by atoms with Crippen molar-refractivity contribution < 1.29 is 9.90 Å². The average molecular weight is 443 g/mol. The number of aromatic nitrogens is 3. The van der Waals surface area contributed by atoms with Crippen molar-refractivity contribution in [3.63, 3.8) is 0 Å². The summed E-state index contributed by atoms with van der Waals surface area (Å²) in [5.74, 6) is 0.873. The third-order valence-corrected chi connectivity index (χ3v) is 5.57. The largest absolute Gasteiger partial charge is 0.465 e. The number of nitrogen functional groups attached to an aromatic ring is 1. The maximum atomic E-state index is 12.0. The van der Waals surface area contributed by atoms with E-state index in [4.69, 9.17) is 11.1 Å². The molecule has 2 heterocycles. The van der Waals surface area contributed by atoms with Crippen molar-refractivity contribution in [2.45, 2.75) is 32.9 Å². The normalized spacial score (nSPS) is 10.9. The molecule has 4 aromatic rings. The lowest BCUT2D eigenvalue weighted by molar-refractivity contribution is 0.139. The fraction of sp³-hybridized carbons (Fsp3) is 0.200. The predicted octanol–water partition coefficient (Wildman–Crippen LogP) is 4.02. The van der Waals surface area contributed by atoms with Crippen LogP contribution in [-0.4, -0.2) is 36.9 Å². The molecule has 0 unspecified atom stereocenters. The van der Waals surface area contributed by atoms with E-state index in [2.05, 4.69) is 15.0 Å². The molecule has 5 N–H and O–H groups in total. The fourth-order valence-electron chi connectivity index (χ4n) is 3.85. The number of hydrogen-bond acceptors (Lipinski definition) is 4. The first-order valence-electron chi connectivity index (χ1n) is 10.7. The Morgan fingerprint density at radius 1 is 1.09 bits per heavy atom. The summed E-state index contributed by atoms with van der Waals surface area (Å²) in [7, 11) is 0. The number of aryl methyl sites for hydroxylation is 3. The fourth-order valence-corrected chi connectivity index (χ4v) is 3.85. The van der Waals surface area contributed by atoms with E-state index in [-0.39, 0.29) is 18.9 Å². The molecule has 2 aromatic heterocycles. The van der Waals surface area contributed by atoms with Gasteiger partial charge < -0.3 is 15.8 Å². The Bertz CT molecular complexity index is 1300. The van der Waals surface area contributed by atoms with Gasteiger partial charge in [-0.05, 0) is 54.7 Å². The van der Waals surface area contributed by atoms with Crippen LogP contribution in [-0.2, 0) is 25.9 Å². The second-order valence-corrected chi connectivity index (χ2v) is 8.03. The number of amides is 1. The lowest BCUT2D eigenvalue weighted by atomic mass is 10.0. The van der Waals surface area contributed by atoms with Crippen LogP contribution in [0.25, 0.3) is 11.0 Å². The van der Waals surface area contributed by atoms with Crippen molar-refractivity contribution in [1.29, 1.82) is 5.41 Å². The van der Waals surface area contributed by atoms with E-state index in [0.717, 1.165) is 45.7 Å². The van der Waals surface area contributed by atoms with Crippen LogP contribution < -0.4 is 5.73 Å². The van der Waals surface area contributed by atoms with Crippen molar-refractivity contribution in [3.8, 4) is 0 Å². The number of aromatic amines is 1. The average Bonchev–Trinajstić information content (AvgIpc) is 3.17. The first-order valence-corrected chi connectivity index (χ1v) is 10.7. The predicted molar refractivity (Wildman–Crippen MR) is 127 cm³/mol. The Kier molecular flexibility index (Phi) is 6.35. The van der Waals surface area contributed by atoms with Gasteiger partial charge in [0.25, 0.3) is 0 Å². The summed E-state index contributed by atoms with van der Waals surface area (Å²) < 4.78 is 0. The Morgan fingerprint density at radius 3 is 2.58 bits per heavy atom. The smallest absolute Gasteiger partial charge is 0.407 e. The zero-order valence-corrected chi connectivity index (χ0v) is 18.4. The molecule has 0 fully saturated rings. The number of imidazole rings is 1. The van der Waals surface area contributed by atoms with E-state index < -0.39 is 6.09 Å². The molecule has 0 radical (unpaired) electrons. The summed E-state index contributed by atoms with van der Waals surface area (Å²) >= 11 is 0. The summed E-state index contributed by atoms with van der Waals surface area (Å²) in [5, 5.41) is 17.3. The molecule has 0 bridgehead atoms. The lowest BCUT2D eigenvalue weighted by Gasteiger charge is -2.21. The van der Waals surface area contributed by atoms with Gasteiger partial charge in [-0.25, -0.2) is 9.78 Å². The molecule has 0 aliphatic rings. The number of nitrogens with one attached hydrogen (secondary N) is 2. The highest BCUT2D eigenvalue weighted by Crippen LogP contribution is 2.18. The van der Waals surface area contributed by atoms with E-state index in [0.29, 0.717) is 12.0 Å². The van der Waals surface area contributed by atoms with Crippen LogP contribution in [0.2, 0.25) is 0 Å². The second kappa shape index (κ2) is 9.52. The van der Waals surface area contributed by atoms with Crippen LogP contribution in [0.5, 0.6) is 0 Å². The third kappa shape index (κ3) is 5.35. The Labute approximate surface area is 191 Å². The van der Waals surface area contributed by atoms with E-state index in [1.807, 2.05) is 61.5 Å². The number of rotatable bonds is 8. The summed E-state index contributed by atoms with van der Waals surface area (Å²) in [6.45, 7) is 2.41. The molecule has 2 aromatic carbocycles. The number of pyridine rings is 1. The molecule has 1 amide bonds. The second-order valence-electron chi connectivity index (χ2n) is 8.03. The third-order valence-electron chi connectivity index (χ3n) is 5.57. The van der Waals surface area contributed by atoms with Gasteiger partial charge in [0.05, 0.1) is 17.6 Å². The molecule has 0 spiro atoms.